The topological polar surface area (TPSA) is 107 Å². The zero-order chi connectivity index (χ0) is 11.5. The van der Waals surface area contributed by atoms with Crippen LogP contribution in [0.3, 0.4) is 0 Å². The number of anilines is 2. The van der Waals surface area contributed by atoms with E-state index in [0.29, 0.717) is 16.9 Å². The molecule has 16 heavy (non-hydrogen) atoms. The molecular formula is C10H11N5O. The number of nitrogens with one attached hydrogen (secondary N) is 1. The number of nitrogen functional groups attached to an aromatic ring is 1. The third kappa shape index (κ3) is 2.00. The highest BCUT2D eigenvalue weighted by Crippen LogP contribution is 2.17. The first-order chi connectivity index (χ1) is 7.66. The Hall–Kier alpha value is -2.37. The summed E-state index contributed by atoms with van der Waals surface area (Å²) >= 11 is 0. The lowest BCUT2D eigenvalue weighted by Gasteiger charge is -2.06. The third-order valence-electron chi connectivity index (χ3n) is 2.03. The van der Waals surface area contributed by atoms with E-state index in [1.54, 1.807) is 0 Å². The van der Waals surface area contributed by atoms with Gasteiger partial charge in [-0.25, -0.2) is 9.97 Å². The number of nitrogens with two attached hydrogens (primary N) is 2. The van der Waals surface area contributed by atoms with Crippen molar-refractivity contribution in [3.05, 3.63) is 24.3 Å². The monoisotopic (exact) mass is 217 g/mol. The molecule has 0 aliphatic carbocycles. The Morgan fingerprint density at radius 1 is 1.25 bits per heavy atom. The van der Waals surface area contributed by atoms with Crippen molar-refractivity contribution < 1.29 is 4.79 Å². The summed E-state index contributed by atoms with van der Waals surface area (Å²) < 4.78 is 0. The van der Waals surface area contributed by atoms with Crippen molar-refractivity contribution in [1.82, 2.24) is 9.97 Å². The van der Waals surface area contributed by atoms with Crippen molar-refractivity contribution in [3.8, 4) is 0 Å². The summed E-state index contributed by atoms with van der Waals surface area (Å²) in [6, 6.07) is 7.34. The molecule has 1 aromatic carbocycles. The Bertz CT molecular complexity index is 540. The highest BCUT2D eigenvalue weighted by Gasteiger charge is 2.05. The number of hydrogen-bond acceptors (Lipinski definition) is 5. The number of fused-ring (bicyclic) bond motifs is 1. The van der Waals surface area contributed by atoms with Gasteiger partial charge in [0.15, 0.2) is 11.6 Å². The predicted octanol–water partition coefficient (Wildman–Crippen LogP) is 0.109. The summed E-state index contributed by atoms with van der Waals surface area (Å²) in [6.07, 6.45) is 0. The van der Waals surface area contributed by atoms with Crippen LogP contribution in [0, 0.1) is 0 Å². The first-order valence-electron chi connectivity index (χ1n) is 4.71. The molecule has 0 aliphatic rings. The highest BCUT2D eigenvalue weighted by atomic mass is 16.1. The molecule has 0 radical (unpaired) electrons. The van der Waals surface area contributed by atoms with Gasteiger partial charge in [-0.1, -0.05) is 12.1 Å². The molecule has 0 unspecified atom stereocenters. The van der Waals surface area contributed by atoms with Gasteiger partial charge in [-0.2, -0.15) is 0 Å². The number of rotatable bonds is 3. The minimum atomic E-state index is -0.477. The first kappa shape index (κ1) is 10.2. The van der Waals surface area contributed by atoms with Crippen molar-refractivity contribution >= 4 is 28.6 Å². The number of primary amides is 1. The molecule has 0 atom stereocenters. The van der Waals surface area contributed by atoms with Crippen molar-refractivity contribution in [1.29, 1.82) is 0 Å². The van der Waals surface area contributed by atoms with Gasteiger partial charge >= 0.3 is 0 Å². The zero-order valence-electron chi connectivity index (χ0n) is 8.47. The quantitative estimate of drug-likeness (QED) is 0.676. The van der Waals surface area contributed by atoms with E-state index in [0.717, 1.165) is 0 Å². The van der Waals surface area contributed by atoms with E-state index in [1.807, 2.05) is 24.3 Å². The lowest BCUT2D eigenvalue weighted by atomic mass is 10.3. The van der Waals surface area contributed by atoms with Crippen LogP contribution >= 0.6 is 0 Å². The maximum atomic E-state index is 10.6. The van der Waals surface area contributed by atoms with Crippen LogP contribution in [0.4, 0.5) is 11.6 Å². The fourth-order valence-electron chi connectivity index (χ4n) is 1.31. The fourth-order valence-corrected chi connectivity index (χ4v) is 1.31. The molecule has 82 valence electrons. The minimum absolute atomic E-state index is 0.0166. The molecule has 6 nitrogen and oxygen atoms in total. The second-order valence-electron chi connectivity index (χ2n) is 3.27. The molecule has 2 aromatic rings. The van der Waals surface area contributed by atoms with Crippen LogP contribution in [0.1, 0.15) is 0 Å². The van der Waals surface area contributed by atoms with Gasteiger partial charge < -0.3 is 16.8 Å². The number of hydrogen-bond donors (Lipinski definition) is 3. The first-order valence-corrected chi connectivity index (χ1v) is 4.71. The smallest absolute Gasteiger partial charge is 0.236 e. The molecule has 2 rings (SSSR count). The van der Waals surface area contributed by atoms with Crippen LogP contribution in [0.5, 0.6) is 0 Å². The number of amides is 1. The van der Waals surface area contributed by atoms with Gasteiger partial charge in [0, 0.05) is 0 Å². The van der Waals surface area contributed by atoms with E-state index >= 15 is 0 Å². The Kier molecular flexibility index (Phi) is 2.55. The lowest BCUT2D eigenvalue weighted by molar-refractivity contribution is -0.116. The molecule has 0 spiro atoms. The van der Waals surface area contributed by atoms with Crippen LogP contribution in [-0.4, -0.2) is 22.4 Å². The molecular weight excluding hydrogens is 206 g/mol. The Morgan fingerprint density at radius 2 is 1.88 bits per heavy atom. The maximum Gasteiger partial charge on any atom is 0.236 e. The average Bonchev–Trinajstić information content (AvgIpc) is 2.26. The minimum Gasteiger partial charge on any atom is -0.381 e. The Balaban J connectivity index is 2.38. The molecule has 1 heterocycles. The van der Waals surface area contributed by atoms with E-state index in [2.05, 4.69) is 15.3 Å². The molecule has 0 saturated heterocycles. The molecule has 6 heteroatoms. The molecule has 1 amide bonds. The SMILES string of the molecule is NC(=O)CNc1nc2ccccc2nc1N. The third-order valence-corrected chi connectivity index (χ3v) is 2.03. The molecule has 1 aromatic heterocycles. The van der Waals surface area contributed by atoms with Crippen molar-refractivity contribution in [2.24, 2.45) is 5.73 Å². The number of para-hydroxylation sites is 2. The lowest BCUT2D eigenvalue weighted by Crippen LogP contribution is -2.22. The molecule has 0 fully saturated rings. The number of aromatic nitrogens is 2. The molecule has 0 bridgehead atoms. The summed E-state index contributed by atoms with van der Waals surface area (Å²) in [5, 5.41) is 2.73. The van der Waals surface area contributed by atoms with Gasteiger partial charge in [0.1, 0.15) is 0 Å². The summed E-state index contributed by atoms with van der Waals surface area (Å²) in [6.45, 7) is -0.0166. The second-order valence-corrected chi connectivity index (χ2v) is 3.27. The van der Waals surface area contributed by atoms with Gasteiger partial charge in [-0.15, -0.1) is 0 Å². The second kappa shape index (κ2) is 4.01. The van der Waals surface area contributed by atoms with Crippen LogP contribution in [0.25, 0.3) is 11.0 Å². The largest absolute Gasteiger partial charge is 0.381 e. The van der Waals surface area contributed by atoms with E-state index in [1.165, 1.54) is 0 Å². The van der Waals surface area contributed by atoms with Gasteiger partial charge in [-0.05, 0) is 12.1 Å². The van der Waals surface area contributed by atoms with Crippen LogP contribution in [-0.2, 0) is 4.79 Å². The number of nitrogens with zero attached hydrogens (tertiary/aromatic N) is 2. The maximum absolute atomic E-state index is 10.6. The van der Waals surface area contributed by atoms with Gasteiger partial charge in [0.2, 0.25) is 5.91 Å². The van der Waals surface area contributed by atoms with E-state index < -0.39 is 5.91 Å². The van der Waals surface area contributed by atoms with Gasteiger partial charge in [0.25, 0.3) is 0 Å². The van der Waals surface area contributed by atoms with E-state index in [4.69, 9.17) is 11.5 Å². The Morgan fingerprint density at radius 3 is 2.50 bits per heavy atom. The summed E-state index contributed by atoms with van der Waals surface area (Å²) in [7, 11) is 0. The standard InChI is InChI=1S/C10H11N5O/c11-8(16)5-13-10-9(12)14-6-3-1-2-4-7(6)15-10/h1-4H,5H2,(H2,11,16)(H2,12,14)(H,13,15). The molecule has 5 N–H and O–H groups in total. The van der Waals surface area contributed by atoms with Crippen molar-refractivity contribution in [2.75, 3.05) is 17.6 Å². The Labute approximate surface area is 91.7 Å². The summed E-state index contributed by atoms with van der Waals surface area (Å²) in [5.41, 5.74) is 12.1. The van der Waals surface area contributed by atoms with Crippen molar-refractivity contribution in [3.63, 3.8) is 0 Å². The number of carbonyl (C=O) groups excluding carboxylic acids is 1. The zero-order valence-corrected chi connectivity index (χ0v) is 8.47. The normalized spacial score (nSPS) is 10.2. The van der Waals surface area contributed by atoms with Crippen LogP contribution < -0.4 is 16.8 Å². The highest BCUT2D eigenvalue weighted by molar-refractivity contribution is 5.82. The summed E-state index contributed by atoms with van der Waals surface area (Å²) in [5.74, 6) is 0.145. The number of carbonyl (C=O) groups is 1. The van der Waals surface area contributed by atoms with Crippen LogP contribution in [0.15, 0.2) is 24.3 Å². The average molecular weight is 217 g/mol. The molecule has 0 aliphatic heterocycles. The van der Waals surface area contributed by atoms with Gasteiger partial charge in [0.05, 0.1) is 17.6 Å². The van der Waals surface area contributed by atoms with Crippen molar-refractivity contribution in [2.45, 2.75) is 0 Å². The van der Waals surface area contributed by atoms with E-state index in [9.17, 15) is 4.79 Å². The fraction of sp³-hybridized carbons (Fsp3) is 0.100. The number of benzene rings is 1. The van der Waals surface area contributed by atoms with Crippen LogP contribution in [0.2, 0.25) is 0 Å². The summed E-state index contributed by atoms with van der Waals surface area (Å²) in [4.78, 5) is 19.0. The molecule has 0 saturated carbocycles. The predicted molar refractivity (Wildman–Crippen MR) is 61.6 cm³/mol. The van der Waals surface area contributed by atoms with E-state index in [-0.39, 0.29) is 12.4 Å². The van der Waals surface area contributed by atoms with Gasteiger partial charge in [-0.3, -0.25) is 4.79 Å².